The minimum Gasteiger partial charge on any atom is -0.481 e. The molecule has 3 N–H and O–H groups in total. The standard InChI is InChI=1S/C30H25ClN2O6/c1-17-7-14-21(15-22(17)31)33-27(36)24-25(28(33)37)30(29(38)39,16-23(34)35)32-26(24)20-12-10-19(11-13-20)9-8-18-5-3-2-4-6-18/h2-15,24-26,32H,16H2,1H3,(H,34,35)(H,38,39). The van der Waals surface area contributed by atoms with Gasteiger partial charge in [0.05, 0.1) is 23.9 Å². The van der Waals surface area contributed by atoms with Crippen LogP contribution in [0.2, 0.25) is 5.02 Å². The number of carboxylic acid groups (broad SMARTS) is 2. The molecular weight excluding hydrogens is 520 g/mol. The van der Waals surface area contributed by atoms with Crippen molar-refractivity contribution in [1.82, 2.24) is 5.32 Å². The molecule has 4 unspecified atom stereocenters. The minimum atomic E-state index is -2.18. The predicted octanol–water partition coefficient (Wildman–Crippen LogP) is 4.57. The van der Waals surface area contributed by atoms with E-state index in [1.807, 2.05) is 54.6 Å². The maximum atomic E-state index is 13.8. The fourth-order valence-corrected chi connectivity index (χ4v) is 5.68. The van der Waals surface area contributed by atoms with Crippen LogP contribution in [0.3, 0.4) is 0 Å². The van der Waals surface area contributed by atoms with Crippen molar-refractivity contribution >= 4 is 53.2 Å². The van der Waals surface area contributed by atoms with E-state index in [2.05, 4.69) is 5.32 Å². The predicted molar refractivity (Wildman–Crippen MR) is 146 cm³/mol. The van der Waals surface area contributed by atoms with E-state index in [1.165, 1.54) is 6.07 Å². The topological polar surface area (TPSA) is 124 Å². The number of fused-ring (bicyclic) bond motifs is 1. The number of carboxylic acids is 2. The second kappa shape index (κ2) is 10.1. The van der Waals surface area contributed by atoms with Crippen molar-refractivity contribution in [2.45, 2.75) is 24.9 Å². The highest BCUT2D eigenvalue weighted by molar-refractivity contribution is 6.32. The lowest BCUT2D eigenvalue weighted by Gasteiger charge is -2.29. The van der Waals surface area contributed by atoms with Crippen LogP contribution in [0.15, 0.2) is 72.8 Å². The molecule has 2 aliphatic rings. The third-order valence-corrected chi connectivity index (χ3v) is 7.85. The summed E-state index contributed by atoms with van der Waals surface area (Å²) in [4.78, 5) is 52.8. The Morgan fingerprint density at radius 1 is 0.949 bits per heavy atom. The highest BCUT2D eigenvalue weighted by atomic mass is 35.5. The van der Waals surface area contributed by atoms with Crippen LogP contribution in [-0.4, -0.2) is 39.5 Å². The molecule has 198 valence electrons. The number of anilines is 1. The summed E-state index contributed by atoms with van der Waals surface area (Å²) in [6, 6.07) is 20.7. The fourth-order valence-electron chi connectivity index (χ4n) is 5.51. The van der Waals surface area contributed by atoms with Crippen molar-refractivity contribution in [2.24, 2.45) is 11.8 Å². The van der Waals surface area contributed by atoms with Crippen LogP contribution in [-0.2, 0) is 19.2 Å². The van der Waals surface area contributed by atoms with Crippen molar-refractivity contribution in [3.8, 4) is 0 Å². The lowest BCUT2D eigenvalue weighted by molar-refractivity contribution is -0.154. The molecule has 39 heavy (non-hydrogen) atoms. The van der Waals surface area contributed by atoms with Crippen molar-refractivity contribution in [3.63, 3.8) is 0 Å². The Bertz CT molecular complexity index is 1500. The van der Waals surface area contributed by atoms with Gasteiger partial charge in [0.15, 0.2) is 0 Å². The first-order valence-electron chi connectivity index (χ1n) is 12.3. The summed E-state index contributed by atoms with van der Waals surface area (Å²) in [6.45, 7) is 1.77. The van der Waals surface area contributed by atoms with Crippen LogP contribution in [0.25, 0.3) is 12.2 Å². The summed E-state index contributed by atoms with van der Waals surface area (Å²) in [5, 5.41) is 23.1. The SMILES string of the molecule is Cc1ccc(N2C(=O)C3C(c4ccc(C=Cc5ccccc5)cc4)NC(CC(=O)O)(C(=O)O)C3C2=O)cc1Cl. The molecule has 0 aromatic heterocycles. The van der Waals surface area contributed by atoms with Crippen LogP contribution in [0.4, 0.5) is 5.69 Å². The molecule has 0 radical (unpaired) electrons. The Kier molecular flexibility index (Phi) is 6.84. The number of carbonyl (C=O) groups is 4. The van der Waals surface area contributed by atoms with Crippen LogP contribution < -0.4 is 10.2 Å². The number of amides is 2. The Morgan fingerprint density at radius 3 is 2.18 bits per heavy atom. The summed E-state index contributed by atoms with van der Waals surface area (Å²) in [6.07, 6.45) is 2.99. The summed E-state index contributed by atoms with van der Waals surface area (Å²) >= 11 is 6.25. The molecule has 2 aliphatic heterocycles. The van der Waals surface area contributed by atoms with Crippen molar-refractivity contribution in [3.05, 3.63) is 100 Å². The van der Waals surface area contributed by atoms with E-state index in [0.717, 1.165) is 21.6 Å². The number of nitrogens with zero attached hydrogens (tertiary/aromatic N) is 1. The molecule has 9 heteroatoms. The number of nitrogens with one attached hydrogen (secondary N) is 1. The van der Waals surface area contributed by atoms with Gasteiger partial charge in [-0.25, -0.2) is 4.90 Å². The maximum absolute atomic E-state index is 13.8. The van der Waals surface area contributed by atoms with Gasteiger partial charge in [0.25, 0.3) is 0 Å². The number of benzene rings is 3. The number of imide groups is 1. The first-order valence-corrected chi connectivity index (χ1v) is 12.7. The van der Waals surface area contributed by atoms with Gasteiger partial charge in [-0.15, -0.1) is 0 Å². The van der Waals surface area contributed by atoms with Gasteiger partial charge < -0.3 is 10.2 Å². The normalized spacial score (nSPS) is 24.4. The summed E-state index contributed by atoms with van der Waals surface area (Å²) in [5.41, 5.74) is 1.24. The van der Waals surface area contributed by atoms with Crippen LogP contribution in [0.5, 0.6) is 0 Å². The summed E-state index contributed by atoms with van der Waals surface area (Å²) in [5.74, 6) is -6.84. The Morgan fingerprint density at radius 2 is 1.59 bits per heavy atom. The first kappa shape index (κ1) is 26.3. The molecule has 2 amide bonds. The molecule has 3 aromatic carbocycles. The Balaban J connectivity index is 1.54. The molecule has 0 bridgehead atoms. The van der Waals surface area contributed by atoms with E-state index < -0.39 is 53.6 Å². The fraction of sp³-hybridized carbons (Fsp3) is 0.200. The Labute approximate surface area is 229 Å². The molecule has 0 spiro atoms. The van der Waals surface area contributed by atoms with Gasteiger partial charge in [0.2, 0.25) is 11.8 Å². The number of hydrogen-bond acceptors (Lipinski definition) is 5. The smallest absolute Gasteiger partial charge is 0.325 e. The largest absolute Gasteiger partial charge is 0.481 e. The van der Waals surface area contributed by atoms with Crippen LogP contribution in [0, 0.1) is 18.8 Å². The monoisotopic (exact) mass is 544 g/mol. The van der Waals surface area contributed by atoms with Crippen molar-refractivity contribution in [2.75, 3.05) is 4.90 Å². The molecule has 8 nitrogen and oxygen atoms in total. The van der Waals surface area contributed by atoms with Gasteiger partial charge in [0, 0.05) is 11.1 Å². The van der Waals surface area contributed by atoms with E-state index in [1.54, 1.807) is 31.2 Å². The molecule has 0 saturated carbocycles. The average molecular weight is 545 g/mol. The molecule has 2 fully saturated rings. The van der Waals surface area contributed by atoms with E-state index in [4.69, 9.17) is 11.6 Å². The van der Waals surface area contributed by atoms with Crippen LogP contribution in [0.1, 0.15) is 34.7 Å². The molecular formula is C30H25ClN2O6. The number of rotatable bonds is 7. The first-order chi connectivity index (χ1) is 18.6. The molecule has 3 aromatic rings. The van der Waals surface area contributed by atoms with Gasteiger partial charge in [-0.2, -0.15) is 0 Å². The number of carbonyl (C=O) groups excluding carboxylic acids is 2. The third-order valence-electron chi connectivity index (χ3n) is 7.44. The molecule has 2 heterocycles. The number of hydrogen-bond donors (Lipinski definition) is 3. The second-order valence-electron chi connectivity index (χ2n) is 9.83. The van der Waals surface area contributed by atoms with Gasteiger partial charge in [0.1, 0.15) is 5.54 Å². The lowest BCUT2D eigenvalue weighted by Crippen LogP contribution is -2.57. The Hall–Kier alpha value is -4.27. The van der Waals surface area contributed by atoms with Gasteiger partial charge in [-0.1, -0.05) is 84.4 Å². The van der Waals surface area contributed by atoms with Gasteiger partial charge >= 0.3 is 11.9 Å². The quantitative estimate of drug-likeness (QED) is 0.294. The zero-order valence-electron chi connectivity index (χ0n) is 20.9. The van der Waals surface area contributed by atoms with E-state index in [-0.39, 0.29) is 5.69 Å². The second-order valence-corrected chi connectivity index (χ2v) is 10.2. The number of halogens is 1. The highest BCUT2D eigenvalue weighted by Gasteiger charge is 2.69. The summed E-state index contributed by atoms with van der Waals surface area (Å²) in [7, 11) is 0. The number of aryl methyl sites for hydroxylation is 1. The maximum Gasteiger partial charge on any atom is 0.325 e. The number of aliphatic carboxylic acids is 2. The van der Waals surface area contributed by atoms with Crippen molar-refractivity contribution < 1.29 is 29.4 Å². The third kappa shape index (κ3) is 4.62. The zero-order valence-corrected chi connectivity index (χ0v) is 21.6. The lowest BCUT2D eigenvalue weighted by atomic mass is 9.77. The molecule has 0 aliphatic carbocycles. The molecule has 4 atom stereocenters. The van der Waals surface area contributed by atoms with Gasteiger partial charge in [-0.05, 0) is 41.3 Å². The van der Waals surface area contributed by atoms with E-state index in [0.29, 0.717) is 10.6 Å². The minimum absolute atomic E-state index is 0.213. The molecule has 5 rings (SSSR count). The van der Waals surface area contributed by atoms with E-state index in [9.17, 15) is 29.4 Å². The average Bonchev–Trinajstić information content (AvgIpc) is 3.39. The van der Waals surface area contributed by atoms with Crippen LogP contribution >= 0.6 is 11.6 Å². The highest BCUT2D eigenvalue weighted by Crippen LogP contribution is 2.51. The zero-order chi connectivity index (χ0) is 27.9. The van der Waals surface area contributed by atoms with Crippen molar-refractivity contribution in [1.29, 1.82) is 0 Å². The summed E-state index contributed by atoms with van der Waals surface area (Å²) < 4.78 is 0. The van der Waals surface area contributed by atoms with E-state index >= 15 is 0 Å². The van der Waals surface area contributed by atoms with Gasteiger partial charge in [-0.3, -0.25) is 24.5 Å². The molecule has 2 saturated heterocycles.